The van der Waals surface area contributed by atoms with Crippen molar-refractivity contribution in [1.29, 1.82) is 0 Å². The van der Waals surface area contributed by atoms with Crippen LogP contribution in [0.1, 0.15) is 29.4 Å². The second kappa shape index (κ2) is 6.77. The van der Waals surface area contributed by atoms with Crippen molar-refractivity contribution < 1.29 is 0 Å². The molecule has 3 aromatic rings. The van der Waals surface area contributed by atoms with E-state index in [9.17, 15) is 0 Å². The molecule has 0 aliphatic carbocycles. The Hall–Kier alpha value is -1.92. The fraction of sp³-hybridized carbons (Fsp3) is 0.474. The van der Waals surface area contributed by atoms with Crippen LogP contribution in [0.2, 0.25) is 0 Å². The molecule has 0 unspecified atom stereocenters. The smallest absolute Gasteiger partial charge is 0.160 e. The van der Waals surface area contributed by atoms with E-state index in [1.165, 1.54) is 16.9 Å². The van der Waals surface area contributed by atoms with Gasteiger partial charge in [-0.15, -0.1) is 0 Å². The summed E-state index contributed by atoms with van der Waals surface area (Å²) in [6.45, 7) is 11.6. The summed E-state index contributed by atoms with van der Waals surface area (Å²) in [4.78, 5) is 9.80. The van der Waals surface area contributed by atoms with Crippen LogP contribution in [0.15, 0.2) is 22.9 Å². The number of hydrogen-bond acceptors (Lipinski definition) is 5. The predicted molar refractivity (Wildman–Crippen MR) is 104 cm³/mol. The number of aryl methyl sites for hydroxylation is 3. The zero-order chi connectivity index (χ0) is 17.4. The maximum absolute atomic E-state index is 4.80. The lowest BCUT2D eigenvalue weighted by atomic mass is 10.2. The average Bonchev–Trinajstić information content (AvgIpc) is 3.24. The SMILES string of the molecule is CCc1cc(N2CCN(Cc3ccsc3)CC2)n2nc(C)c(C)c2n1. The van der Waals surface area contributed by atoms with E-state index in [4.69, 9.17) is 10.1 Å². The monoisotopic (exact) mass is 355 g/mol. The molecule has 0 radical (unpaired) electrons. The Bertz CT molecular complexity index is 860. The van der Waals surface area contributed by atoms with Gasteiger partial charge in [0.2, 0.25) is 0 Å². The molecular weight excluding hydrogens is 330 g/mol. The Labute approximate surface area is 152 Å². The van der Waals surface area contributed by atoms with E-state index in [2.05, 4.69) is 53.5 Å². The summed E-state index contributed by atoms with van der Waals surface area (Å²) >= 11 is 1.78. The van der Waals surface area contributed by atoms with Crippen molar-refractivity contribution >= 4 is 22.8 Å². The number of thiophene rings is 1. The van der Waals surface area contributed by atoms with Gasteiger partial charge in [0, 0.05) is 50.0 Å². The molecule has 1 aliphatic rings. The van der Waals surface area contributed by atoms with E-state index >= 15 is 0 Å². The van der Waals surface area contributed by atoms with Crippen molar-refractivity contribution in [3.05, 3.63) is 45.4 Å². The highest BCUT2D eigenvalue weighted by atomic mass is 32.1. The zero-order valence-corrected chi connectivity index (χ0v) is 16.0. The van der Waals surface area contributed by atoms with Crippen LogP contribution in [-0.2, 0) is 13.0 Å². The normalized spacial score (nSPS) is 16.0. The van der Waals surface area contributed by atoms with Crippen molar-refractivity contribution in [2.24, 2.45) is 0 Å². The van der Waals surface area contributed by atoms with Crippen molar-refractivity contribution in [2.45, 2.75) is 33.7 Å². The third kappa shape index (κ3) is 3.16. The molecular formula is C19H25N5S. The summed E-state index contributed by atoms with van der Waals surface area (Å²) in [5.74, 6) is 1.19. The number of piperazine rings is 1. The summed E-state index contributed by atoms with van der Waals surface area (Å²) in [6.07, 6.45) is 0.950. The Morgan fingerprint density at radius 1 is 1.16 bits per heavy atom. The fourth-order valence-electron chi connectivity index (χ4n) is 3.44. The number of hydrogen-bond donors (Lipinski definition) is 0. The number of nitrogens with zero attached hydrogens (tertiary/aromatic N) is 5. The molecule has 0 atom stereocenters. The molecule has 4 heterocycles. The van der Waals surface area contributed by atoms with Gasteiger partial charge in [0.05, 0.1) is 5.69 Å². The highest BCUT2D eigenvalue weighted by Gasteiger charge is 2.21. The van der Waals surface area contributed by atoms with Crippen LogP contribution in [0.25, 0.3) is 5.65 Å². The molecule has 0 amide bonds. The van der Waals surface area contributed by atoms with Gasteiger partial charge in [0.15, 0.2) is 5.65 Å². The van der Waals surface area contributed by atoms with E-state index in [0.29, 0.717) is 0 Å². The van der Waals surface area contributed by atoms with Gasteiger partial charge in [-0.3, -0.25) is 4.90 Å². The van der Waals surface area contributed by atoms with Gasteiger partial charge in [-0.25, -0.2) is 4.98 Å². The minimum atomic E-state index is 0.950. The number of anilines is 1. The van der Waals surface area contributed by atoms with Crippen molar-refractivity contribution in [3.63, 3.8) is 0 Å². The Morgan fingerprint density at radius 2 is 1.96 bits per heavy atom. The van der Waals surface area contributed by atoms with Gasteiger partial charge in [-0.05, 0) is 42.7 Å². The lowest BCUT2D eigenvalue weighted by molar-refractivity contribution is 0.249. The molecule has 0 bridgehead atoms. The van der Waals surface area contributed by atoms with Crippen LogP contribution in [-0.4, -0.2) is 45.7 Å². The van der Waals surface area contributed by atoms with Crippen LogP contribution in [0, 0.1) is 13.8 Å². The minimum absolute atomic E-state index is 0.950. The first-order valence-corrected chi connectivity index (χ1v) is 9.94. The predicted octanol–water partition coefficient (Wildman–Crippen LogP) is 3.29. The third-order valence-electron chi connectivity index (χ3n) is 5.14. The van der Waals surface area contributed by atoms with Crippen LogP contribution >= 0.6 is 11.3 Å². The number of rotatable bonds is 4. The van der Waals surface area contributed by atoms with Gasteiger partial charge in [0.1, 0.15) is 5.82 Å². The highest BCUT2D eigenvalue weighted by Crippen LogP contribution is 2.23. The van der Waals surface area contributed by atoms with Crippen molar-refractivity contribution in [1.82, 2.24) is 19.5 Å². The molecule has 0 spiro atoms. The summed E-state index contributed by atoms with van der Waals surface area (Å²) in [7, 11) is 0. The molecule has 0 aromatic carbocycles. The molecule has 132 valence electrons. The lowest BCUT2D eigenvalue weighted by Gasteiger charge is -2.36. The zero-order valence-electron chi connectivity index (χ0n) is 15.2. The largest absolute Gasteiger partial charge is 0.354 e. The average molecular weight is 356 g/mol. The van der Waals surface area contributed by atoms with E-state index in [0.717, 1.165) is 56.2 Å². The number of fused-ring (bicyclic) bond motifs is 1. The Morgan fingerprint density at radius 3 is 2.64 bits per heavy atom. The summed E-state index contributed by atoms with van der Waals surface area (Å²) in [5, 5.41) is 9.16. The topological polar surface area (TPSA) is 36.7 Å². The first-order chi connectivity index (χ1) is 12.2. The summed E-state index contributed by atoms with van der Waals surface area (Å²) < 4.78 is 2.04. The van der Waals surface area contributed by atoms with Crippen LogP contribution in [0.4, 0.5) is 5.82 Å². The van der Waals surface area contributed by atoms with Crippen LogP contribution in [0.3, 0.4) is 0 Å². The molecule has 1 fully saturated rings. The molecule has 1 saturated heterocycles. The fourth-order valence-corrected chi connectivity index (χ4v) is 4.10. The van der Waals surface area contributed by atoms with Gasteiger partial charge in [-0.1, -0.05) is 6.92 Å². The van der Waals surface area contributed by atoms with E-state index in [1.807, 2.05) is 4.52 Å². The third-order valence-corrected chi connectivity index (χ3v) is 5.87. The van der Waals surface area contributed by atoms with Crippen molar-refractivity contribution in [3.8, 4) is 0 Å². The van der Waals surface area contributed by atoms with Crippen LogP contribution in [0.5, 0.6) is 0 Å². The first-order valence-electron chi connectivity index (χ1n) is 9.00. The van der Waals surface area contributed by atoms with Gasteiger partial charge in [0.25, 0.3) is 0 Å². The second-order valence-corrected chi connectivity index (χ2v) is 7.58. The molecule has 0 N–H and O–H groups in total. The Balaban J connectivity index is 1.57. The molecule has 4 rings (SSSR count). The lowest BCUT2D eigenvalue weighted by Crippen LogP contribution is -2.46. The van der Waals surface area contributed by atoms with E-state index < -0.39 is 0 Å². The van der Waals surface area contributed by atoms with Gasteiger partial charge >= 0.3 is 0 Å². The standard InChI is InChI=1S/C19H25N5S/c1-4-17-11-18(24-19(20-17)14(2)15(3)21-24)23-8-6-22(7-9-23)12-16-5-10-25-13-16/h5,10-11,13H,4,6-9,12H2,1-3H3. The Kier molecular flexibility index (Phi) is 4.48. The molecule has 25 heavy (non-hydrogen) atoms. The maximum Gasteiger partial charge on any atom is 0.160 e. The molecule has 5 nitrogen and oxygen atoms in total. The van der Waals surface area contributed by atoms with Crippen LogP contribution < -0.4 is 4.90 Å². The van der Waals surface area contributed by atoms with E-state index in [-0.39, 0.29) is 0 Å². The van der Waals surface area contributed by atoms with Gasteiger partial charge in [-0.2, -0.15) is 21.0 Å². The summed E-state index contributed by atoms with van der Waals surface area (Å²) in [5.41, 5.74) is 5.83. The van der Waals surface area contributed by atoms with Crippen molar-refractivity contribution in [2.75, 3.05) is 31.1 Å². The first kappa shape index (κ1) is 16.5. The molecule has 3 aromatic heterocycles. The minimum Gasteiger partial charge on any atom is -0.354 e. The highest BCUT2D eigenvalue weighted by molar-refractivity contribution is 7.07. The maximum atomic E-state index is 4.80. The van der Waals surface area contributed by atoms with Gasteiger partial charge < -0.3 is 4.90 Å². The second-order valence-electron chi connectivity index (χ2n) is 6.80. The molecule has 0 saturated carbocycles. The quantitative estimate of drug-likeness (QED) is 0.720. The summed E-state index contributed by atoms with van der Waals surface area (Å²) in [6, 6.07) is 4.44. The molecule has 1 aliphatic heterocycles. The molecule has 6 heteroatoms. The number of aromatic nitrogens is 3. The van der Waals surface area contributed by atoms with E-state index in [1.54, 1.807) is 11.3 Å².